The van der Waals surface area contributed by atoms with Crippen molar-refractivity contribution in [3.8, 4) is 6.07 Å². The van der Waals surface area contributed by atoms with E-state index in [4.69, 9.17) is 15.0 Å². The second-order valence-corrected chi connectivity index (χ2v) is 6.57. The topological polar surface area (TPSA) is 132 Å². The molecule has 124 valence electrons. The molecule has 0 aromatic heterocycles. The summed E-state index contributed by atoms with van der Waals surface area (Å²) in [6.07, 6.45) is -0.506. The number of carbonyl (C=O) groups is 1. The van der Waals surface area contributed by atoms with Crippen molar-refractivity contribution in [3.05, 3.63) is 35.4 Å². The molecule has 2 unspecified atom stereocenters. The third-order valence-corrected chi connectivity index (χ3v) is 4.16. The van der Waals surface area contributed by atoms with Crippen LogP contribution in [0.3, 0.4) is 0 Å². The van der Waals surface area contributed by atoms with E-state index in [0.717, 1.165) is 5.56 Å². The molecule has 1 aliphatic rings. The van der Waals surface area contributed by atoms with Gasteiger partial charge < -0.3 is 20.4 Å². The monoisotopic (exact) mass is 339 g/mol. The van der Waals surface area contributed by atoms with Crippen LogP contribution in [0.5, 0.6) is 0 Å². The lowest BCUT2D eigenvalue weighted by Crippen LogP contribution is -2.41. The first kappa shape index (κ1) is 17.6. The molecule has 0 spiro atoms. The average molecular weight is 339 g/mol. The van der Waals surface area contributed by atoms with Crippen LogP contribution in [-0.4, -0.2) is 34.4 Å². The summed E-state index contributed by atoms with van der Waals surface area (Å²) in [4.78, 5) is 29.7. The van der Waals surface area contributed by atoms with Crippen LogP contribution in [0, 0.1) is 11.3 Å². The first-order valence-corrected chi connectivity index (χ1v) is 8.59. The predicted molar refractivity (Wildman–Crippen MR) is 81.0 cm³/mol. The maximum atomic E-state index is 12.2. The first-order valence-electron chi connectivity index (χ1n) is 7.06. The third kappa shape index (κ3) is 5.13. The lowest BCUT2D eigenvalue weighted by molar-refractivity contribution is -0.123. The highest BCUT2D eigenvalue weighted by Crippen LogP contribution is 2.39. The highest BCUT2D eigenvalue weighted by Gasteiger charge is 2.34. The Bertz CT molecular complexity index is 651. The minimum absolute atomic E-state index is 0.192. The van der Waals surface area contributed by atoms with E-state index in [-0.39, 0.29) is 24.9 Å². The van der Waals surface area contributed by atoms with Gasteiger partial charge in [-0.05, 0) is 31.0 Å². The third-order valence-electron chi connectivity index (χ3n) is 3.59. The molecule has 3 atom stereocenters. The van der Waals surface area contributed by atoms with Crippen molar-refractivity contribution in [1.29, 1.82) is 5.26 Å². The molecule has 8 nitrogen and oxygen atoms in total. The number of nitrogens with one attached hydrogen (secondary N) is 2. The van der Waals surface area contributed by atoms with Gasteiger partial charge in [0.1, 0.15) is 0 Å². The lowest BCUT2D eigenvalue weighted by atomic mass is 10.1. The van der Waals surface area contributed by atoms with Crippen molar-refractivity contribution in [1.82, 2.24) is 10.6 Å². The molecule has 1 aromatic rings. The standard InChI is InChI=1S/C14H18N3O5P/c1-9(11-4-2-10(7-15)3-5-11)17-14(18)13-6-12(8-16-13)22-23(19,20)21/h2-5,9,12-13,16H,6,8H2,1H3,(H,17,18)(H2,19,20,21)/t9-,12?,13?/m0/s1. The second-order valence-electron chi connectivity index (χ2n) is 5.38. The normalized spacial score (nSPS) is 22.3. The van der Waals surface area contributed by atoms with Gasteiger partial charge in [-0.25, -0.2) is 4.57 Å². The Morgan fingerprint density at radius 3 is 2.70 bits per heavy atom. The number of nitriles is 1. The number of hydrogen-bond acceptors (Lipinski definition) is 5. The number of phosphoric ester groups is 1. The summed E-state index contributed by atoms with van der Waals surface area (Å²) in [6, 6.07) is 8.10. The molecule has 23 heavy (non-hydrogen) atoms. The molecule has 2 rings (SSSR count). The zero-order valence-electron chi connectivity index (χ0n) is 12.5. The molecule has 1 saturated heterocycles. The number of rotatable bonds is 5. The predicted octanol–water partition coefficient (Wildman–Crippen LogP) is 0.575. The molecule has 1 aromatic carbocycles. The molecular formula is C14H18N3O5P. The van der Waals surface area contributed by atoms with E-state index < -0.39 is 20.0 Å². The van der Waals surface area contributed by atoms with E-state index in [1.54, 1.807) is 24.3 Å². The van der Waals surface area contributed by atoms with Crippen molar-refractivity contribution < 1.29 is 23.7 Å². The highest BCUT2D eigenvalue weighted by molar-refractivity contribution is 7.46. The Hall–Kier alpha value is -1.75. The summed E-state index contributed by atoms with van der Waals surface area (Å²) in [5.41, 5.74) is 1.40. The van der Waals surface area contributed by atoms with Crippen LogP contribution in [0.25, 0.3) is 0 Å². The summed E-state index contributed by atoms with van der Waals surface area (Å²) in [5.74, 6) is -0.265. The minimum atomic E-state index is -4.55. The Labute approximate surface area is 133 Å². The van der Waals surface area contributed by atoms with E-state index in [2.05, 4.69) is 15.2 Å². The SMILES string of the molecule is C[C@H](NC(=O)C1CC(OP(=O)(O)O)CN1)c1ccc(C#N)cc1. The maximum absolute atomic E-state index is 12.2. The molecule has 0 bridgehead atoms. The minimum Gasteiger partial charge on any atom is -0.348 e. The molecular weight excluding hydrogens is 321 g/mol. The van der Waals surface area contributed by atoms with Crippen molar-refractivity contribution in [2.45, 2.75) is 31.5 Å². The second kappa shape index (κ2) is 7.21. The molecule has 1 fully saturated rings. The molecule has 9 heteroatoms. The van der Waals surface area contributed by atoms with Crippen LogP contribution < -0.4 is 10.6 Å². The molecule has 0 aliphatic carbocycles. The summed E-state index contributed by atoms with van der Waals surface area (Å²) in [5, 5.41) is 14.5. The number of carbonyl (C=O) groups excluding carboxylic acids is 1. The Morgan fingerprint density at radius 1 is 1.48 bits per heavy atom. The average Bonchev–Trinajstić information content (AvgIpc) is 2.93. The number of hydrogen-bond donors (Lipinski definition) is 4. The molecule has 4 N–H and O–H groups in total. The van der Waals surface area contributed by atoms with Crippen molar-refractivity contribution in [3.63, 3.8) is 0 Å². The molecule has 1 heterocycles. The van der Waals surface area contributed by atoms with E-state index in [9.17, 15) is 9.36 Å². The molecule has 1 aliphatic heterocycles. The summed E-state index contributed by atoms with van der Waals surface area (Å²) in [6.45, 7) is 2.02. The Morgan fingerprint density at radius 2 is 2.13 bits per heavy atom. The van der Waals surface area contributed by atoms with E-state index in [1.165, 1.54) is 0 Å². The fourth-order valence-electron chi connectivity index (χ4n) is 2.42. The summed E-state index contributed by atoms with van der Waals surface area (Å²) < 4.78 is 15.4. The van der Waals surface area contributed by atoms with Crippen LogP contribution in [0.1, 0.15) is 30.5 Å². The van der Waals surface area contributed by atoms with Crippen molar-refractivity contribution in [2.24, 2.45) is 0 Å². The van der Waals surface area contributed by atoms with E-state index >= 15 is 0 Å². The van der Waals surface area contributed by atoms with Gasteiger partial charge in [0.25, 0.3) is 0 Å². The fourth-order valence-corrected chi connectivity index (χ4v) is 2.97. The van der Waals surface area contributed by atoms with Crippen LogP contribution >= 0.6 is 7.82 Å². The molecule has 1 amide bonds. The quantitative estimate of drug-likeness (QED) is 0.577. The van der Waals surface area contributed by atoms with E-state index in [1.807, 2.05) is 13.0 Å². The number of amides is 1. The van der Waals surface area contributed by atoms with Gasteiger partial charge in [-0.1, -0.05) is 12.1 Å². The smallest absolute Gasteiger partial charge is 0.348 e. The summed E-state index contributed by atoms with van der Waals surface area (Å²) in [7, 11) is -4.55. The highest BCUT2D eigenvalue weighted by atomic mass is 31.2. The van der Waals surface area contributed by atoms with Crippen molar-refractivity contribution in [2.75, 3.05) is 6.54 Å². The van der Waals surface area contributed by atoms with Crippen LogP contribution in [-0.2, 0) is 13.9 Å². The number of nitrogens with zero attached hydrogens (tertiary/aromatic N) is 1. The van der Waals surface area contributed by atoms with Gasteiger partial charge in [0.05, 0.1) is 29.8 Å². The summed E-state index contributed by atoms with van der Waals surface area (Å²) >= 11 is 0. The van der Waals surface area contributed by atoms with Crippen LogP contribution in [0.4, 0.5) is 0 Å². The largest absolute Gasteiger partial charge is 0.469 e. The Kier molecular flexibility index (Phi) is 5.52. The van der Waals surface area contributed by atoms with E-state index in [0.29, 0.717) is 5.56 Å². The first-order chi connectivity index (χ1) is 10.8. The number of benzene rings is 1. The maximum Gasteiger partial charge on any atom is 0.469 e. The van der Waals surface area contributed by atoms with Gasteiger partial charge in [-0.2, -0.15) is 5.26 Å². The van der Waals surface area contributed by atoms with Crippen LogP contribution in [0.15, 0.2) is 24.3 Å². The lowest BCUT2D eigenvalue weighted by Gasteiger charge is -2.18. The molecule has 0 radical (unpaired) electrons. The van der Waals surface area contributed by atoms with Crippen LogP contribution in [0.2, 0.25) is 0 Å². The van der Waals surface area contributed by atoms with Gasteiger partial charge >= 0.3 is 7.82 Å². The van der Waals surface area contributed by atoms with Crippen molar-refractivity contribution >= 4 is 13.7 Å². The molecule has 0 saturated carbocycles. The number of phosphoric acid groups is 1. The van der Waals surface area contributed by atoms with Gasteiger partial charge in [0.15, 0.2) is 0 Å². The fraction of sp³-hybridized carbons (Fsp3) is 0.429. The zero-order chi connectivity index (χ0) is 17.0. The zero-order valence-corrected chi connectivity index (χ0v) is 13.4. The Balaban J connectivity index is 1.89. The van der Waals surface area contributed by atoms with Gasteiger partial charge in [0, 0.05) is 6.54 Å². The van der Waals surface area contributed by atoms with Gasteiger partial charge in [-0.15, -0.1) is 0 Å². The van der Waals surface area contributed by atoms with Gasteiger partial charge in [-0.3, -0.25) is 9.32 Å². The van der Waals surface area contributed by atoms with Gasteiger partial charge in [0.2, 0.25) is 5.91 Å².